The number of benzene rings is 1. The average Bonchev–Trinajstić information content (AvgIpc) is 1.88. The van der Waals surface area contributed by atoms with Crippen molar-refractivity contribution in [1.82, 2.24) is 0 Å². The van der Waals surface area contributed by atoms with Gasteiger partial charge in [0.05, 0.1) is 0 Å². The third kappa shape index (κ3) is 1.90. The maximum Gasteiger partial charge on any atom is 0.217 e. The van der Waals surface area contributed by atoms with Crippen LogP contribution in [-0.2, 0) is 6.54 Å². The zero-order valence-electron chi connectivity index (χ0n) is 5.70. The van der Waals surface area contributed by atoms with Gasteiger partial charge in [-0.15, -0.1) is 0 Å². The van der Waals surface area contributed by atoms with Crippen molar-refractivity contribution in [1.29, 1.82) is 0 Å². The molecule has 2 nitrogen and oxygen atoms in total. The maximum atomic E-state index is 8.73. The Kier molecular flexibility index (Phi) is 2.05. The maximum absolute atomic E-state index is 8.73. The molecule has 0 fully saturated rings. The first-order chi connectivity index (χ1) is 4.79. The Bertz CT molecular complexity index is 218. The molecule has 0 amide bonds. The molecular formula is C8H10NO+. The second-order valence-corrected chi connectivity index (χ2v) is 2.15. The van der Waals surface area contributed by atoms with E-state index in [4.69, 9.17) is 5.21 Å². The molecule has 0 radical (unpaired) electrons. The lowest BCUT2D eigenvalue weighted by Gasteiger charge is -1.91. The summed E-state index contributed by atoms with van der Waals surface area (Å²) in [7, 11) is 0. The van der Waals surface area contributed by atoms with E-state index in [0.29, 0.717) is 6.54 Å². The molecule has 0 spiro atoms. The van der Waals surface area contributed by atoms with Gasteiger partial charge in [-0.3, -0.25) is 5.21 Å². The Balaban J connectivity index is 2.67. The van der Waals surface area contributed by atoms with Crippen LogP contribution in [0.1, 0.15) is 5.56 Å². The van der Waals surface area contributed by atoms with E-state index in [9.17, 15) is 0 Å². The fourth-order valence-electron chi connectivity index (χ4n) is 0.794. The highest BCUT2D eigenvalue weighted by molar-refractivity contribution is 5.16. The van der Waals surface area contributed by atoms with Crippen LogP contribution in [-0.4, -0.2) is 16.7 Å². The highest BCUT2D eigenvalue weighted by atomic mass is 16.5. The topological polar surface area (TPSA) is 23.2 Å². The van der Waals surface area contributed by atoms with Gasteiger partial charge in [0, 0.05) is 5.56 Å². The molecular weight excluding hydrogens is 126 g/mol. The van der Waals surface area contributed by atoms with E-state index in [1.54, 1.807) is 0 Å². The number of rotatable bonds is 2. The van der Waals surface area contributed by atoms with Crippen LogP contribution in [0.5, 0.6) is 0 Å². The summed E-state index contributed by atoms with van der Waals surface area (Å²) in [6, 6.07) is 9.68. The first-order valence-electron chi connectivity index (χ1n) is 3.10. The highest BCUT2D eigenvalue weighted by Crippen LogP contribution is 1.97. The summed E-state index contributed by atoms with van der Waals surface area (Å²) >= 11 is 0. The van der Waals surface area contributed by atoms with E-state index in [2.05, 4.69) is 6.72 Å². The summed E-state index contributed by atoms with van der Waals surface area (Å²) in [5.74, 6) is 0. The van der Waals surface area contributed by atoms with E-state index >= 15 is 0 Å². The van der Waals surface area contributed by atoms with Crippen molar-refractivity contribution < 1.29 is 9.95 Å². The third-order valence-corrected chi connectivity index (χ3v) is 1.21. The van der Waals surface area contributed by atoms with E-state index in [1.165, 1.54) is 0 Å². The van der Waals surface area contributed by atoms with Crippen LogP contribution in [0.15, 0.2) is 30.3 Å². The van der Waals surface area contributed by atoms with Gasteiger partial charge in [-0.05, 0) is 4.74 Å². The summed E-state index contributed by atoms with van der Waals surface area (Å²) in [4.78, 5) is 0. The quantitative estimate of drug-likeness (QED) is 0.281. The van der Waals surface area contributed by atoms with Crippen molar-refractivity contribution in [2.75, 3.05) is 0 Å². The first kappa shape index (κ1) is 6.81. The molecule has 0 bridgehead atoms. The Morgan fingerprint density at radius 2 is 1.90 bits per heavy atom. The average molecular weight is 136 g/mol. The molecule has 2 heteroatoms. The largest absolute Gasteiger partial charge is 0.291 e. The Morgan fingerprint density at radius 1 is 1.30 bits per heavy atom. The Morgan fingerprint density at radius 3 is 2.40 bits per heavy atom. The monoisotopic (exact) mass is 136 g/mol. The normalized spacial score (nSPS) is 9.20. The van der Waals surface area contributed by atoms with Gasteiger partial charge in [0.25, 0.3) is 0 Å². The highest BCUT2D eigenvalue weighted by Gasteiger charge is 1.96. The lowest BCUT2D eigenvalue weighted by Crippen LogP contribution is -2.01. The van der Waals surface area contributed by atoms with Gasteiger partial charge in [0.2, 0.25) is 6.54 Å². The van der Waals surface area contributed by atoms with Crippen LogP contribution in [0.4, 0.5) is 0 Å². The minimum absolute atomic E-state index is 0.473. The molecule has 1 rings (SSSR count). The molecule has 52 valence electrons. The van der Waals surface area contributed by atoms with E-state index < -0.39 is 0 Å². The summed E-state index contributed by atoms with van der Waals surface area (Å²) in [6.07, 6.45) is 0. The lowest BCUT2D eigenvalue weighted by molar-refractivity contribution is -0.780. The van der Waals surface area contributed by atoms with Crippen LogP contribution in [0.2, 0.25) is 0 Å². The fraction of sp³-hybridized carbons (Fsp3) is 0.125. The van der Waals surface area contributed by atoms with Crippen molar-refractivity contribution in [2.24, 2.45) is 0 Å². The molecule has 0 aliphatic rings. The van der Waals surface area contributed by atoms with Crippen molar-refractivity contribution in [3.63, 3.8) is 0 Å². The number of hydrogen-bond donors (Lipinski definition) is 1. The predicted molar refractivity (Wildman–Crippen MR) is 39.3 cm³/mol. The van der Waals surface area contributed by atoms with E-state index in [-0.39, 0.29) is 0 Å². The number of hydrogen-bond acceptors (Lipinski definition) is 1. The fourth-order valence-corrected chi connectivity index (χ4v) is 0.794. The van der Waals surface area contributed by atoms with Crippen molar-refractivity contribution in [3.8, 4) is 0 Å². The van der Waals surface area contributed by atoms with E-state index in [0.717, 1.165) is 10.3 Å². The standard InChI is InChI=1S/C8H10NO/c1-9(10)7-8-5-3-2-4-6-8/h2-6,10H,1,7H2/q+1. The van der Waals surface area contributed by atoms with Gasteiger partial charge >= 0.3 is 0 Å². The van der Waals surface area contributed by atoms with Gasteiger partial charge in [-0.1, -0.05) is 30.3 Å². The smallest absolute Gasteiger partial charge is 0.217 e. The van der Waals surface area contributed by atoms with Gasteiger partial charge in [0.15, 0.2) is 6.72 Å². The van der Waals surface area contributed by atoms with Crippen LogP contribution < -0.4 is 0 Å². The van der Waals surface area contributed by atoms with Crippen LogP contribution in [0.3, 0.4) is 0 Å². The minimum atomic E-state index is 0.473. The van der Waals surface area contributed by atoms with Crippen LogP contribution in [0, 0.1) is 0 Å². The molecule has 0 aromatic heterocycles. The first-order valence-corrected chi connectivity index (χ1v) is 3.10. The second-order valence-electron chi connectivity index (χ2n) is 2.15. The number of hydroxylamine groups is 1. The molecule has 0 saturated carbocycles. The summed E-state index contributed by atoms with van der Waals surface area (Å²) in [5.41, 5.74) is 1.06. The molecule has 0 heterocycles. The SMILES string of the molecule is C=[N+](O)Cc1ccccc1. The number of nitrogens with zero attached hydrogens (tertiary/aromatic N) is 1. The van der Waals surface area contributed by atoms with E-state index in [1.807, 2.05) is 30.3 Å². The molecule has 0 aliphatic carbocycles. The van der Waals surface area contributed by atoms with Crippen molar-refractivity contribution in [2.45, 2.75) is 6.54 Å². The molecule has 0 atom stereocenters. The van der Waals surface area contributed by atoms with Gasteiger partial charge < -0.3 is 0 Å². The summed E-state index contributed by atoms with van der Waals surface area (Å²) in [6.45, 7) is 3.80. The van der Waals surface area contributed by atoms with Gasteiger partial charge in [0.1, 0.15) is 0 Å². The third-order valence-electron chi connectivity index (χ3n) is 1.21. The van der Waals surface area contributed by atoms with Crippen molar-refractivity contribution in [3.05, 3.63) is 35.9 Å². The Labute approximate surface area is 60.0 Å². The minimum Gasteiger partial charge on any atom is -0.291 e. The molecule has 0 unspecified atom stereocenters. The van der Waals surface area contributed by atoms with Crippen LogP contribution in [0.25, 0.3) is 0 Å². The molecule has 0 aliphatic heterocycles. The lowest BCUT2D eigenvalue weighted by atomic mass is 10.2. The van der Waals surface area contributed by atoms with Crippen molar-refractivity contribution >= 4 is 6.72 Å². The predicted octanol–water partition coefficient (Wildman–Crippen LogP) is 1.29. The molecule has 0 saturated heterocycles. The summed E-state index contributed by atoms with van der Waals surface area (Å²) < 4.78 is 0.912. The van der Waals surface area contributed by atoms with Gasteiger partial charge in [-0.2, -0.15) is 0 Å². The van der Waals surface area contributed by atoms with Gasteiger partial charge in [-0.25, -0.2) is 0 Å². The molecule has 1 aromatic carbocycles. The molecule has 1 N–H and O–H groups in total. The molecule has 1 aromatic rings. The zero-order valence-corrected chi connectivity index (χ0v) is 5.70. The zero-order chi connectivity index (χ0) is 7.40. The molecule has 10 heavy (non-hydrogen) atoms. The Hall–Kier alpha value is -1.31. The second kappa shape index (κ2) is 3.01. The van der Waals surface area contributed by atoms with Crippen LogP contribution >= 0.6 is 0 Å². The summed E-state index contributed by atoms with van der Waals surface area (Å²) in [5, 5.41) is 8.73.